The van der Waals surface area contributed by atoms with Crippen molar-refractivity contribution in [3.8, 4) is 0 Å². The van der Waals surface area contributed by atoms with Crippen LogP contribution in [0.2, 0.25) is 0 Å². The summed E-state index contributed by atoms with van der Waals surface area (Å²) < 4.78 is 0. The van der Waals surface area contributed by atoms with Gasteiger partial charge in [0.15, 0.2) is 5.78 Å². The third-order valence-electron chi connectivity index (χ3n) is 4.27. The molecule has 0 atom stereocenters. The van der Waals surface area contributed by atoms with Gasteiger partial charge in [0.1, 0.15) is 0 Å². The van der Waals surface area contributed by atoms with Gasteiger partial charge in [0.2, 0.25) is 5.91 Å². The lowest BCUT2D eigenvalue weighted by Gasteiger charge is -2.13. The van der Waals surface area contributed by atoms with Crippen molar-refractivity contribution >= 4 is 23.1 Å². The maximum Gasteiger partial charge on any atom is 0.243 e. The van der Waals surface area contributed by atoms with Crippen molar-refractivity contribution in [3.05, 3.63) is 95.6 Å². The van der Waals surface area contributed by atoms with Gasteiger partial charge in [-0.3, -0.25) is 9.59 Å². The highest BCUT2D eigenvalue weighted by molar-refractivity contribution is 6.04. The Kier molecular flexibility index (Phi) is 6.00. The fraction of sp³-hybridized carbons (Fsp3) is 0.130. The van der Waals surface area contributed by atoms with Gasteiger partial charge in [-0.25, -0.2) is 0 Å². The zero-order chi connectivity index (χ0) is 19.1. The number of rotatable bonds is 7. The molecule has 0 aliphatic rings. The van der Waals surface area contributed by atoms with E-state index in [4.69, 9.17) is 0 Å². The number of hydrogen-bond donors (Lipinski definition) is 2. The maximum absolute atomic E-state index is 12.3. The Labute approximate surface area is 159 Å². The van der Waals surface area contributed by atoms with Crippen LogP contribution in [0, 0.1) is 0 Å². The predicted octanol–water partition coefficient (Wildman–Crippen LogP) is 4.53. The van der Waals surface area contributed by atoms with Crippen LogP contribution in [0.25, 0.3) is 0 Å². The molecular formula is C23H22N2O2. The average Bonchev–Trinajstić information content (AvgIpc) is 2.68. The molecule has 27 heavy (non-hydrogen) atoms. The summed E-state index contributed by atoms with van der Waals surface area (Å²) in [6.45, 7) is 1.61. The summed E-state index contributed by atoms with van der Waals surface area (Å²) in [5, 5.41) is 6.01. The van der Waals surface area contributed by atoms with Crippen molar-refractivity contribution in [3.63, 3.8) is 0 Å². The van der Waals surface area contributed by atoms with Gasteiger partial charge in [0, 0.05) is 11.3 Å². The first kappa shape index (κ1) is 18.4. The third kappa shape index (κ3) is 5.05. The summed E-state index contributed by atoms with van der Waals surface area (Å²) in [6, 6.07) is 25.2. The molecule has 3 rings (SSSR count). The summed E-state index contributed by atoms with van der Waals surface area (Å²) in [6.07, 6.45) is 0.790. The zero-order valence-corrected chi connectivity index (χ0v) is 15.2. The van der Waals surface area contributed by atoms with Crippen LogP contribution in [-0.4, -0.2) is 18.2 Å². The molecular weight excluding hydrogens is 336 g/mol. The molecule has 0 aliphatic carbocycles. The van der Waals surface area contributed by atoms with Crippen LogP contribution in [0.4, 0.5) is 11.4 Å². The SMILES string of the molecule is CC(=O)c1ccccc1NC(=O)CNc1ccccc1Cc1ccccc1. The first-order valence-corrected chi connectivity index (χ1v) is 8.89. The van der Waals surface area contributed by atoms with E-state index in [2.05, 4.69) is 28.8 Å². The van der Waals surface area contributed by atoms with E-state index >= 15 is 0 Å². The largest absolute Gasteiger partial charge is 0.376 e. The first-order valence-electron chi connectivity index (χ1n) is 8.89. The molecule has 136 valence electrons. The molecule has 3 aromatic carbocycles. The number of anilines is 2. The molecule has 2 N–H and O–H groups in total. The zero-order valence-electron chi connectivity index (χ0n) is 15.2. The molecule has 0 heterocycles. The number of hydrogen-bond acceptors (Lipinski definition) is 3. The lowest BCUT2D eigenvalue weighted by Crippen LogP contribution is -2.23. The highest BCUT2D eigenvalue weighted by Gasteiger charge is 2.10. The number of nitrogens with one attached hydrogen (secondary N) is 2. The molecule has 4 nitrogen and oxygen atoms in total. The second-order valence-electron chi connectivity index (χ2n) is 6.32. The van der Waals surface area contributed by atoms with Crippen LogP contribution in [-0.2, 0) is 11.2 Å². The van der Waals surface area contributed by atoms with E-state index in [1.165, 1.54) is 12.5 Å². The van der Waals surface area contributed by atoms with Gasteiger partial charge in [0.05, 0.1) is 12.2 Å². The summed E-state index contributed by atoms with van der Waals surface area (Å²) in [7, 11) is 0. The summed E-state index contributed by atoms with van der Waals surface area (Å²) in [5.41, 5.74) is 4.31. The van der Waals surface area contributed by atoms with Gasteiger partial charge >= 0.3 is 0 Å². The number of carbonyl (C=O) groups excluding carboxylic acids is 2. The number of benzene rings is 3. The minimum absolute atomic E-state index is 0.0768. The first-order chi connectivity index (χ1) is 13.1. The number of para-hydroxylation sites is 2. The van der Waals surface area contributed by atoms with E-state index in [1.807, 2.05) is 36.4 Å². The Morgan fingerprint density at radius 1 is 0.778 bits per heavy atom. The molecule has 0 unspecified atom stereocenters. The molecule has 1 amide bonds. The molecule has 0 aliphatic heterocycles. The van der Waals surface area contributed by atoms with Crippen molar-refractivity contribution in [1.82, 2.24) is 0 Å². The molecule has 0 bridgehead atoms. The van der Waals surface area contributed by atoms with E-state index in [9.17, 15) is 9.59 Å². The number of amides is 1. The molecule has 0 saturated heterocycles. The molecule has 4 heteroatoms. The van der Waals surface area contributed by atoms with E-state index in [-0.39, 0.29) is 18.2 Å². The fourth-order valence-electron chi connectivity index (χ4n) is 2.93. The Hall–Kier alpha value is -3.40. The van der Waals surface area contributed by atoms with Crippen LogP contribution in [0.3, 0.4) is 0 Å². The minimum Gasteiger partial charge on any atom is -0.376 e. The standard InChI is InChI=1S/C23H22N2O2/c1-17(26)20-12-6-8-14-22(20)25-23(27)16-24-21-13-7-5-11-19(21)15-18-9-3-2-4-10-18/h2-14,24H,15-16H2,1H3,(H,25,27). The van der Waals surface area contributed by atoms with Crippen molar-refractivity contribution in [2.45, 2.75) is 13.3 Å². The van der Waals surface area contributed by atoms with Gasteiger partial charge < -0.3 is 10.6 Å². The van der Waals surface area contributed by atoms with E-state index in [1.54, 1.807) is 24.3 Å². The summed E-state index contributed by atoms with van der Waals surface area (Å²) >= 11 is 0. The Bertz CT molecular complexity index is 936. The second kappa shape index (κ2) is 8.81. The van der Waals surface area contributed by atoms with E-state index in [0.29, 0.717) is 11.3 Å². The third-order valence-corrected chi connectivity index (χ3v) is 4.27. The van der Waals surface area contributed by atoms with Gasteiger partial charge in [-0.1, -0.05) is 60.7 Å². The van der Waals surface area contributed by atoms with Gasteiger partial charge in [0.25, 0.3) is 0 Å². The van der Waals surface area contributed by atoms with Crippen molar-refractivity contribution in [1.29, 1.82) is 0 Å². The highest BCUT2D eigenvalue weighted by Crippen LogP contribution is 2.19. The van der Waals surface area contributed by atoms with Crippen LogP contribution < -0.4 is 10.6 Å². The van der Waals surface area contributed by atoms with Gasteiger partial charge in [-0.05, 0) is 42.7 Å². The van der Waals surface area contributed by atoms with Crippen molar-refractivity contribution in [2.24, 2.45) is 0 Å². The van der Waals surface area contributed by atoms with E-state index < -0.39 is 0 Å². The lowest BCUT2D eigenvalue weighted by atomic mass is 10.0. The average molecular weight is 358 g/mol. The molecule has 3 aromatic rings. The number of ketones is 1. The molecule has 0 spiro atoms. The molecule has 0 fully saturated rings. The summed E-state index contributed by atoms with van der Waals surface area (Å²) in [5.74, 6) is -0.273. The minimum atomic E-state index is -0.196. The fourth-order valence-corrected chi connectivity index (χ4v) is 2.93. The smallest absolute Gasteiger partial charge is 0.243 e. The van der Waals surface area contributed by atoms with Crippen molar-refractivity contribution < 1.29 is 9.59 Å². The Morgan fingerprint density at radius 2 is 1.41 bits per heavy atom. The topological polar surface area (TPSA) is 58.2 Å². The predicted molar refractivity (Wildman–Crippen MR) is 109 cm³/mol. The lowest BCUT2D eigenvalue weighted by molar-refractivity contribution is -0.114. The molecule has 0 saturated carbocycles. The summed E-state index contributed by atoms with van der Waals surface area (Å²) in [4.78, 5) is 24.0. The van der Waals surface area contributed by atoms with Crippen LogP contribution in [0.5, 0.6) is 0 Å². The maximum atomic E-state index is 12.3. The van der Waals surface area contributed by atoms with Crippen LogP contribution in [0.1, 0.15) is 28.4 Å². The van der Waals surface area contributed by atoms with Crippen LogP contribution >= 0.6 is 0 Å². The van der Waals surface area contributed by atoms with Crippen molar-refractivity contribution in [2.75, 3.05) is 17.2 Å². The van der Waals surface area contributed by atoms with Gasteiger partial charge in [-0.15, -0.1) is 0 Å². The monoisotopic (exact) mass is 358 g/mol. The quantitative estimate of drug-likeness (QED) is 0.610. The molecule has 0 aromatic heterocycles. The number of Topliss-reactive ketones (excluding diaryl/α,β-unsaturated/α-hetero) is 1. The molecule has 0 radical (unpaired) electrons. The second-order valence-corrected chi connectivity index (χ2v) is 6.32. The van der Waals surface area contributed by atoms with Crippen LogP contribution in [0.15, 0.2) is 78.9 Å². The Balaban J connectivity index is 1.65. The normalized spacial score (nSPS) is 10.3. The van der Waals surface area contributed by atoms with E-state index in [0.717, 1.165) is 17.7 Å². The van der Waals surface area contributed by atoms with Gasteiger partial charge in [-0.2, -0.15) is 0 Å². The highest BCUT2D eigenvalue weighted by atomic mass is 16.2. The number of carbonyl (C=O) groups is 2. The Morgan fingerprint density at radius 3 is 2.15 bits per heavy atom.